The van der Waals surface area contributed by atoms with Crippen LogP contribution < -0.4 is 23.7 Å². The number of para-hydroxylation sites is 1. The molecule has 0 saturated carbocycles. The van der Waals surface area contributed by atoms with Gasteiger partial charge in [0.05, 0.1) is 35.5 Å². The Morgan fingerprint density at radius 1 is 0.274 bits per heavy atom. The number of aromatic hydroxyl groups is 1. The summed E-state index contributed by atoms with van der Waals surface area (Å²) in [6.45, 7) is 34.1. The van der Waals surface area contributed by atoms with Gasteiger partial charge in [0.15, 0.2) is 0 Å². The highest BCUT2D eigenvalue weighted by molar-refractivity contribution is 5.61. The van der Waals surface area contributed by atoms with Gasteiger partial charge in [0.1, 0.15) is 34.5 Å². The number of rotatable bonds is 5. The number of phenolic OH excluding ortho intramolecular Hbond substituents is 1. The lowest BCUT2D eigenvalue weighted by molar-refractivity contribution is 0.396. The van der Waals surface area contributed by atoms with Crippen LogP contribution in [-0.4, -0.2) is 40.7 Å². The Bertz CT molecular complexity index is 2820. The Morgan fingerprint density at radius 3 is 0.562 bits per heavy atom. The van der Waals surface area contributed by atoms with Gasteiger partial charge in [0.25, 0.3) is 0 Å². The number of hydrogen-bond donors (Lipinski definition) is 1. The summed E-state index contributed by atoms with van der Waals surface area (Å²) in [6, 6.07) is 29.4. The van der Waals surface area contributed by atoms with E-state index in [2.05, 4.69) is 171 Å². The molecule has 0 saturated heterocycles. The predicted molar refractivity (Wildman–Crippen MR) is 303 cm³/mol. The van der Waals surface area contributed by atoms with E-state index in [1.807, 2.05) is 19.2 Å². The van der Waals surface area contributed by atoms with Crippen LogP contribution >= 0.6 is 0 Å². The Morgan fingerprint density at radius 2 is 0.425 bits per heavy atom. The largest absolute Gasteiger partial charge is 0.507 e. The molecule has 0 aliphatic heterocycles. The number of fused-ring (bicyclic) bond motifs is 12. The second-order valence-electron chi connectivity index (χ2n) is 25.9. The van der Waals surface area contributed by atoms with Crippen molar-refractivity contribution in [2.24, 2.45) is 0 Å². The van der Waals surface area contributed by atoms with Crippen LogP contribution in [0.25, 0.3) is 0 Å². The zero-order valence-electron chi connectivity index (χ0n) is 48.2. The van der Waals surface area contributed by atoms with E-state index in [1.54, 1.807) is 28.4 Å². The van der Waals surface area contributed by atoms with Crippen LogP contribution in [0.4, 0.5) is 0 Å². The third-order valence-corrected chi connectivity index (χ3v) is 15.1. The Labute approximate surface area is 439 Å². The Hall–Kier alpha value is -5.88. The number of phenols is 1. The molecule has 0 unspecified atom stereocenters. The molecule has 6 aromatic carbocycles. The van der Waals surface area contributed by atoms with E-state index in [4.69, 9.17) is 23.7 Å². The lowest BCUT2D eigenvalue weighted by Crippen LogP contribution is -2.16. The topological polar surface area (TPSA) is 66.4 Å². The van der Waals surface area contributed by atoms with E-state index in [9.17, 15) is 5.11 Å². The van der Waals surface area contributed by atoms with Crippen molar-refractivity contribution in [3.8, 4) is 34.5 Å². The summed E-state index contributed by atoms with van der Waals surface area (Å²) in [4.78, 5) is 0. The van der Waals surface area contributed by atoms with Crippen molar-refractivity contribution in [3.63, 3.8) is 0 Å². The van der Waals surface area contributed by atoms with Crippen molar-refractivity contribution in [2.45, 2.75) is 169 Å². The van der Waals surface area contributed by atoms with Gasteiger partial charge in [-0.05, 0) is 122 Å². The van der Waals surface area contributed by atoms with E-state index >= 15 is 0 Å². The van der Waals surface area contributed by atoms with E-state index in [1.165, 1.54) is 27.8 Å². The van der Waals surface area contributed by atoms with Gasteiger partial charge in [-0.15, -0.1) is 0 Å². The molecule has 0 heterocycles. The van der Waals surface area contributed by atoms with Crippen LogP contribution in [0.5, 0.6) is 34.5 Å². The maximum atomic E-state index is 12.4. The van der Waals surface area contributed by atoms with Crippen LogP contribution in [0, 0.1) is 0 Å². The highest BCUT2D eigenvalue weighted by Crippen LogP contribution is 2.45. The molecule has 7 rings (SSSR count). The first-order chi connectivity index (χ1) is 34.0. The number of hydrogen-bond acceptors (Lipinski definition) is 6. The number of ether oxygens (including phenoxy) is 5. The van der Waals surface area contributed by atoms with Crippen LogP contribution in [0.3, 0.4) is 0 Å². The monoisotopic (exact) mass is 987 g/mol. The molecular formula is C67H86O6. The van der Waals surface area contributed by atoms with Crippen molar-refractivity contribution in [2.75, 3.05) is 35.5 Å². The molecule has 390 valence electrons. The SMILES string of the molecule is COc1c2cc(C(C)(C)C)cc1Cc1cc(C(C)(C)C)cc(c1OC)Cc1cc(C(C)(C)C)cc(c1OC)Cc1cc(C(C)(C)C)cc(c1OC)Cc1cc(C(C)(C)C)cc(c1OC)Cc1cccc(c1O)C2. The van der Waals surface area contributed by atoms with Gasteiger partial charge < -0.3 is 28.8 Å². The van der Waals surface area contributed by atoms with Crippen LogP contribution in [0.1, 0.15) is 198 Å². The van der Waals surface area contributed by atoms with Crippen molar-refractivity contribution >= 4 is 0 Å². The summed E-state index contributed by atoms with van der Waals surface area (Å²) in [5.41, 5.74) is 17.8. The molecule has 0 amide bonds. The molecule has 73 heavy (non-hydrogen) atoms. The first kappa shape index (κ1) is 54.9. The highest BCUT2D eigenvalue weighted by Gasteiger charge is 2.29. The lowest BCUT2D eigenvalue weighted by atomic mass is 9.79. The summed E-state index contributed by atoms with van der Waals surface area (Å²) < 4.78 is 32.6. The number of methoxy groups -OCH3 is 5. The van der Waals surface area contributed by atoms with Crippen LogP contribution in [-0.2, 0) is 65.6 Å². The summed E-state index contributed by atoms with van der Waals surface area (Å²) in [5.74, 6) is 4.52. The molecule has 0 atom stereocenters. The summed E-state index contributed by atoms with van der Waals surface area (Å²) in [5, 5.41) is 12.4. The molecule has 6 heteroatoms. The summed E-state index contributed by atoms with van der Waals surface area (Å²) in [7, 11) is 8.95. The first-order valence-corrected chi connectivity index (χ1v) is 26.3. The smallest absolute Gasteiger partial charge is 0.125 e. The van der Waals surface area contributed by atoms with Crippen molar-refractivity contribution in [3.05, 3.63) is 173 Å². The molecule has 12 bridgehead atoms. The van der Waals surface area contributed by atoms with Gasteiger partial charge in [-0.2, -0.15) is 0 Å². The van der Waals surface area contributed by atoms with Gasteiger partial charge >= 0.3 is 0 Å². The summed E-state index contributed by atoms with van der Waals surface area (Å²) >= 11 is 0. The van der Waals surface area contributed by atoms with E-state index in [-0.39, 0.29) is 32.8 Å². The number of benzene rings is 6. The van der Waals surface area contributed by atoms with Gasteiger partial charge in [-0.25, -0.2) is 0 Å². The minimum Gasteiger partial charge on any atom is -0.507 e. The standard InChI is InChI=1S/C67H86O6/c1-63(2,3)52-30-42-24-40-22-21-23-41(57(40)68)25-43-31-53(64(4,5)6)33-45(59(43)70-17)27-47-35-55(66(10,11)12)37-49(61(47)72-19)29-51-39-56(67(13,14)15)38-50(62(51)73-20)28-48-36-54(65(7,8)9)34-46(60(48)71-18)26-44(32-52)58(42)69-16/h21-23,30-39,68H,24-29H2,1-20H3. The third-order valence-electron chi connectivity index (χ3n) is 15.1. The molecule has 0 aromatic heterocycles. The van der Waals surface area contributed by atoms with Gasteiger partial charge in [0.2, 0.25) is 0 Å². The predicted octanol–water partition coefficient (Wildman–Crippen LogP) is 15.8. The fourth-order valence-corrected chi connectivity index (χ4v) is 10.7. The van der Waals surface area contributed by atoms with Gasteiger partial charge in [-0.3, -0.25) is 0 Å². The van der Waals surface area contributed by atoms with Crippen LogP contribution in [0.2, 0.25) is 0 Å². The Kier molecular flexibility index (Phi) is 15.4. The first-order valence-electron chi connectivity index (χ1n) is 26.3. The summed E-state index contributed by atoms with van der Waals surface area (Å²) in [6.07, 6.45) is 3.30. The molecular weight excluding hydrogens is 901 g/mol. The fourth-order valence-electron chi connectivity index (χ4n) is 10.7. The quantitative estimate of drug-likeness (QED) is 0.185. The van der Waals surface area contributed by atoms with Gasteiger partial charge in [0, 0.05) is 38.5 Å². The zero-order valence-corrected chi connectivity index (χ0v) is 48.2. The van der Waals surface area contributed by atoms with Crippen molar-refractivity contribution < 1.29 is 28.8 Å². The highest BCUT2D eigenvalue weighted by atomic mass is 16.5. The molecule has 0 spiro atoms. The molecule has 0 fully saturated rings. The average molecular weight is 987 g/mol. The van der Waals surface area contributed by atoms with Crippen molar-refractivity contribution in [1.82, 2.24) is 0 Å². The lowest BCUT2D eigenvalue weighted by Gasteiger charge is -2.28. The van der Waals surface area contributed by atoms with Crippen LogP contribution in [0.15, 0.2) is 78.9 Å². The second-order valence-corrected chi connectivity index (χ2v) is 25.9. The van der Waals surface area contributed by atoms with Gasteiger partial charge in [-0.1, -0.05) is 183 Å². The Balaban J connectivity index is 1.60. The molecule has 6 aromatic rings. The van der Waals surface area contributed by atoms with E-state index in [0.29, 0.717) is 38.5 Å². The van der Waals surface area contributed by atoms with Crippen molar-refractivity contribution in [1.29, 1.82) is 0 Å². The molecule has 6 nitrogen and oxygen atoms in total. The minimum absolute atomic E-state index is 0.154. The molecule has 1 aliphatic rings. The third kappa shape index (κ3) is 11.7. The van der Waals surface area contributed by atoms with E-state index < -0.39 is 0 Å². The fraction of sp³-hybridized carbons (Fsp3) is 0.463. The molecule has 1 aliphatic carbocycles. The van der Waals surface area contributed by atoms with E-state index in [0.717, 1.165) is 95.5 Å². The maximum Gasteiger partial charge on any atom is 0.125 e. The zero-order chi connectivity index (χ0) is 53.7. The molecule has 1 N–H and O–H groups in total. The molecule has 0 radical (unpaired) electrons. The maximum absolute atomic E-state index is 12.4. The second kappa shape index (κ2) is 20.4. The average Bonchev–Trinajstić information content (AvgIpc) is 3.28. The minimum atomic E-state index is -0.165. The normalized spacial score (nSPS) is 13.8.